The highest BCUT2D eigenvalue weighted by molar-refractivity contribution is 7.89. The number of sulfonamides is 1. The smallest absolute Gasteiger partial charge is 0.404 e. The molecule has 1 unspecified atom stereocenters. The first-order valence-electron chi connectivity index (χ1n) is 6.26. The Hall–Kier alpha value is -1.02. The molecule has 2 rings (SSSR count). The number of benzene rings is 1. The minimum Gasteiger partial charge on any atom is -0.465 e. The molecule has 0 saturated carbocycles. The molecule has 1 aromatic carbocycles. The van der Waals surface area contributed by atoms with Gasteiger partial charge in [-0.3, -0.25) is 0 Å². The Labute approximate surface area is 132 Å². The summed E-state index contributed by atoms with van der Waals surface area (Å²) in [5.41, 5.74) is 0. The maximum Gasteiger partial charge on any atom is 0.404 e. The molecule has 6 nitrogen and oxygen atoms in total. The van der Waals surface area contributed by atoms with Crippen molar-refractivity contribution in [3.8, 4) is 0 Å². The lowest BCUT2D eigenvalue weighted by Gasteiger charge is -2.24. The van der Waals surface area contributed by atoms with Gasteiger partial charge in [0, 0.05) is 19.1 Å². The Kier molecular flexibility index (Phi) is 4.98. The van der Waals surface area contributed by atoms with E-state index >= 15 is 0 Å². The lowest BCUT2D eigenvalue weighted by molar-refractivity contribution is 0.191. The molecule has 0 aliphatic carbocycles. The monoisotopic (exact) mass is 352 g/mol. The first-order chi connectivity index (χ1) is 9.82. The molecule has 1 saturated heterocycles. The van der Waals surface area contributed by atoms with Crippen molar-refractivity contribution in [3.05, 3.63) is 28.2 Å². The molecular formula is C12H14Cl2N2O4S. The summed E-state index contributed by atoms with van der Waals surface area (Å²) in [6.45, 7) is 0.421. The molecule has 0 radical (unpaired) electrons. The Morgan fingerprint density at radius 3 is 2.71 bits per heavy atom. The maximum atomic E-state index is 12.6. The number of nitrogens with one attached hydrogen (secondary N) is 1. The van der Waals surface area contributed by atoms with Crippen LogP contribution in [-0.4, -0.2) is 43.1 Å². The second-order valence-corrected chi connectivity index (χ2v) is 7.38. The summed E-state index contributed by atoms with van der Waals surface area (Å²) >= 11 is 11.6. The van der Waals surface area contributed by atoms with Gasteiger partial charge in [0.2, 0.25) is 10.0 Å². The molecule has 0 bridgehead atoms. The van der Waals surface area contributed by atoms with Gasteiger partial charge in [-0.05, 0) is 31.0 Å². The fourth-order valence-electron chi connectivity index (χ4n) is 2.31. The summed E-state index contributed by atoms with van der Waals surface area (Å²) in [6, 6.07) is 3.74. The predicted octanol–water partition coefficient (Wildman–Crippen LogP) is 2.41. The number of hydrogen-bond acceptors (Lipinski definition) is 3. The van der Waals surface area contributed by atoms with Crippen molar-refractivity contribution in [3.63, 3.8) is 0 Å². The van der Waals surface area contributed by atoms with Gasteiger partial charge in [-0.2, -0.15) is 4.31 Å². The van der Waals surface area contributed by atoms with Gasteiger partial charge in [-0.25, -0.2) is 13.2 Å². The van der Waals surface area contributed by atoms with Crippen molar-refractivity contribution in [1.82, 2.24) is 9.62 Å². The van der Waals surface area contributed by atoms with Crippen LogP contribution in [-0.2, 0) is 10.0 Å². The zero-order chi connectivity index (χ0) is 15.6. The van der Waals surface area contributed by atoms with Crippen molar-refractivity contribution < 1.29 is 18.3 Å². The van der Waals surface area contributed by atoms with Crippen molar-refractivity contribution in [2.24, 2.45) is 0 Å². The average molecular weight is 353 g/mol. The minimum absolute atomic E-state index is 0.0547. The van der Waals surface area contributed by atoms with Gasteiger partial charge in [-0.1, -0.05) is 23.2 Å². The van der Waals surface area contributed by atoms with Gasteiger partial charge in [0.15, 0.2) is 0 Å². The van der Waals surface area contributed by atoms with E-state index in [2.05, 4.69) is 5.32 Å². The molecule has 9 heteroatoms. The zero-order valence-electron chi connectivity index (χ0n) is 10.9. The number of rotatable bonds is 4. The first-order valence-corrected chi connectivity index (χ1v) is 8.45. The van der Waals surface area contributed by atoms with Crippen molar-refractivity contribution in [1.29, 1.82) is 0 Å². The second kappa shape index (κ2) is 6.39. The number of amides is 1. The third-order valence-corrected chi connectivity index (χ3v) is 6.00. The van der Waals surface area contributed by atoms with Gasteiger partial charge < -0.3 is 10.4 Å². The third-order valence-electron chi connectivity index (χ3n) is 3.31. The maximum absolute atomic E-state index is 12.6. The fraction of sp³-hybridized carbons (Fsp3) is 0.417. The molecule has 21 heavy (non-hydrogen) atoms. The quantitative estimate of drug-likeness (QED) is 0.870. The van der Waals surface area contributed by atoms with E-state index in [1.165, 1.54) is 22.5 Å². The molecule has 1 fully saturated rings. The van der Waals surface area contributed by atoms with Crippen molar-refractivity contribution in [2.45, 2.75) is 23.8 Å². The van der Waals surface area contributed by atoms with Crippen LogP contribution in [0.4, 0.5) is 4.79 Å². The van der Waals surface area contributed by atoms with Gasteiger partial charge in [0.25, 0.3) is 0 Å². The summed E-state index contributed by atoms with van der Waals surface area (Å²) in [5, 5.41) is 11.3. The summed E-state index contributed by atoms with van der Waals surface area (Å²) in [6.07, 6.45) is 0.127. The second-order valence-electron chi connectivity index (χ2n) is 4.67. The van der Waals surface area contributed by atoms with E-state index in [-0.39, 0.29) is 27.5 Å². The SMILES string of the molecule is O=C(O)NCC1CCCN1S(=O)(=O)c1ccc(Cl)c(Cl)c1. The first kappa shape index (κ1) is 16.4. The molecule has 0 aromatic heterocycles. The summed E-state index contributed by atoms with van der Waals surface area (Å²) in [7, 11) is -3.72. The molecule has 116 valence electrons. The minimum atomic E-state index is -3.72. The summed E-state index contributed by atoms with van der Waals surface area (Å²) in [5.74, 6) is 0. The van der Waals surface area contributed by atoms with E-state index in [9.17, 15) is 13.2 Å². The molecule has 1 atom stereocenters. The van der Waals surface area contributed by atoms with E-state index in [1.807, 2.05) is 0 Å². The molecule has 1 aliphatic heterocycles. The lowest BCUT2D eigenvalue weighted by Crippen LogP contribution is -2.42. The standard InChI is InChI=1S/C12H14Cl2N2O4S/c13-10-4-3-9(6-11(10)14)21(19,20)16-5-1-2-8(16)7-15-12(17)18/h3-4,6,8,15H,1-2,5,7H2,(H,17,18). The molecule has 1 aromatic rings. The highest BCUT2D eigenvalue weighted by Crippen LogP contribution is 2.30. The molecule has 1 aliphatic rings. The predicted molar refractivity (Wildman–Crippen MR) is 79.4 cm³/mol. The molecule has 1 heterocycles. The number of carbonyl (C=O) groups is 1. The van der Waals surface area contributed by atoms with Crippen molar-refractivity contribution in [2.75, 3.05) is 13.1 Å². The largest absolute Gasteiger partial charge is 0.465 e. The van der Waals surface area contributed by atoms with Crippen LogP contribution in [0.1, 0.15) is 12.8 Å². The number of nitrogens with zero attached hydrogens (tertiary/aromatic N) is 1. The summed E-state index contributed by atoms with van der Waals surface area (Å²) in [4.78, 5) is 10.6. The van der Waals surface area contributed by atoms with Crippen LogP contribution in [0.2, 0.25) is 10.0 Å². The van der Waals surface area contributed by atoms with Gasteiger partial charge in [0.1, 0.15) is 0 Å². The van der Waals surface area contributed by atoms with Crippen LogP contribution in [0.5, 0.6) is 0 Å². The highest BCUT2D eigenvalue weighted by Gasteiger charge is 2.35. The number of halogens is 2. The average Bonchev–Trinajstić information content (AvgIpc) is 2.88. The summed E-state index contributed by atoms with van der Waals surface area (Å²) < 4.78 is 26.5. The van der Waals surface area contributed by atoms with Gasteiger partial charge in [-0.15, -0.1) is 0 Å². The lowest BCUT2D eigenvalue weighted by atomic mass is 10.2. The Morgan fingerprint density at radius 2 is 2.10 bits per heavy atom. The van der Waals surface area contributed by atoms with E-state index in [4.69, 9.17) is 28.3 Å². The van der Waals surface area contributed by atoms with Crippen LogP contribution in [0.25, 0.3) is 0 Å². The van der Waals surface area contributed by atoms with Crippen LogP contribution < -0.4 is 5.32 Å². The Bertz CT molecular complexity index is 651. The van der Waals surface area contributed by atoms with E-state index < -0.39 is 16.1 Å². The van der Waals surface area contributed by atoms with Crippen molar-refractivity contribution >= 4 is 39.3 Å². The van der Waals surface area contributed by atoms with E-state index in [0.29, 0.717) is 19.4 Å². The molecule has 0 spiro atoms. The normalized spacial score (nSPS) is 19.6. The topological polar surface area (TPSA) is 86.7 Å². The van der Waals surface area contributed by atoms with Crippen LogP contribution in [0.15, 0.2) is 23.1 Å². The van der Waals surface area contributed by atoms with E-state index in [1.54, 1.807) is 0 Å². The van der Waals surface area contributed by atoms with Crippen LogP contribution in [0, 0.1) is 0 Å². The fourth-order valence-corrected chi connectivity index (χ4v) is 4.39. The Morgan fingerprint density at radius 1 is 1.38 bits per heavy atom. The molecule has 2 N–H and O–H groups in total. The highest BCUT2D eigenvalue weighted by atomic mass is 35.5. The number of hydrogen-bond donors (Lipinski definition) is 2. The number of carboxylic acid groups (broad SMARTS) is 1. The van der Waals surface area contributed by atoms with Crippen LogP contribution >= 0.6 is 23.2 Å². The van der Waals surface area contributed by atoms with Gasteiger partial charge in [0.05, 0.1) is 14.9 Å². The Balaban J connectivity index is 2.25. The van der Waals surface area contributed by atoms with E-state index in [0.717, 1.165) is 0 Å². The molecule has 1 amide bonds. The molecular weight excluding hydrogens is 339 g/mol. The zero-order valence-corrected chi connectivity index (χ0v) is 13.2. The van der Waals surface area contributed by atoms with Gasteiger partial charge >= 0.3 is 6.09 Å². The third kappa shape index (κ3) is 3.60. The van der Waals surface area contributed by atoms with Crippen LogP contribution in [0.3, 0.4) is 0 Å².